The van der Waals surface area contributed by atoms with E-state index in [1.165, 1.54) is 0 Å². The van der Waals surface area contributed by atoms with Gasteiger partial charge < -0.3 is 0 Å². The predicted molar refractivity (Wildman–Crippen MR) is 75.6 cm³/mol. The number of hydrogen-bond donors (Lipinski definition) is 0. The van der Waals surface area contributed by atoms with Crippen LogP contribution in [0.5, 0.6) is 0 Å². The van der Waals surface area contributed by atoms with E-state index in [4.69, 9.17) is 11.6 Å². The van der Waals surface area contributed by atoms with Crippen molar-refractivity contribution < 1.29 is 0 Å². The van der Waals surface area contributed by atoms with Gasteiger partial charge in [-0.1, -0.05) is 27.5 Å². The van der Waals surface area contributed by atoms with E-state index >= 15 is 0 Å². The SMILES string of the molecule is Clc1ccc(Br)cc1-c1nc(Br)cc(Br)n1. The Morgan fingerprint density at radius 3 is 2.19 bits per heavy atom. The van der Waals surface area contributed by atoms with Crippen molar-refractivity contribution in [2.75, 3.05) is 0 Å². The first-order valence-electron chi connectivity index (χ1n) is 4.22. The summed E-state index contributed by atoms with van der Waals surface area (Å²) >= 11 is 16.1. The van der Waals surface area contributed by atoms with Gasteiger partial charge in [0.15, 0.2) is 5.82 Å². The van der Waals surface area contributed by atoms with E-state index in [1.54, 1.807) is 12.1 Å². The van der Waals surface area contributed by atoms with Gasteiger partial charge in [-0.25, -0.2) is 9.97 Å². The summed E-state index contributed by atoms with van der Waals surface area (Å²) < 4.78 is 2.35. The Morgan fingerprint density at radius 1 is 0.938 bits per heavy atom. The molecule has 82 valence electrons. The Hall–Kier alpha value is 0.0300. The zero-order valence-corrected chi connectivity index (χ0v) is 13.2. The summed E-state index contributed by atoms with van der Waals surface area (Å²) in [5.74, 6) is 0.576. The fraction of sp³-hybridized carbons (Fsp3) is 0. The number of rotatable bonds is 1. The van der Waals surface area contributed by atoms with Crippen molar-refractivity contribution in [1.29, 1.82) is 0 Å². The molecular weight excluding hydrogens is 423 g/mol. The third kappa shape index (κ3) is 2.83. The van der Waals surface area contributed by atoms with E-state index in [0.29, 0.717) is 20.1 Å². The largest absolute Gasteiger partial charge is 0.221 e. The maximum Gasteiger partial charge on any atom is 0.163 e. The van der Waals surface area contributed by atoms with Crippen molar-refractivity contribution >= 4 is 59.4 Å². The molecule has 0 unspecified atom stereocenters. The van der Waals surface area contributed by atoms with E-state index in [1.807, 2.05) is 12.1 Å². The van der Waals surface area contributed by atoms with Gasteiger partial charge in [-0.05, 0) is 50.1 Å². The van der Waals surface area contributed by atoms with Crippen molar-refractivity contribution in [3.8, 4) is 11.4 Å². The topological polar surface area (TPSA) is 25.8 Å². The molecule has 0 fully saturated rings. The van der Waals surface area contributed by atoms with Crippen molar-refractivity contribution in [3.63, 3.8) is 0 Å². The second-order valence-corrected chi connectivity index (χ2v) is 5.91. The van der Waals surface area contributed by atoms with E-state index in [0.717, 1.165) is 10.0 Å². The van der Waals surface area contributed by atoms with E-state index in [9.17, 15) is 0 Å². The molecule has 0 radical (unpaired) electrons. The van der Waals surface area contributed by atoms with Crippen LogP contribution in [-0.2, 0) is 0 Å². The highest BCUT2D eigenvalue weighted by Gasteiger charge is 2.09. The summed E-state index contributed by atoms with van der Waals surface area (Å²) in [6.07, 6.45) is 0. The van der Waals surface area contributed by atoms with Crippen LogP contribution in [0.15, 0.2) is 37.9 Å². The van der Waals surface area contributed by atoms with Crippen molar-refractivity contribution in [3.05, 3.63) is 43.0 Å². The van der Waals surface area contributed by atoms with Crippen LogP contribution in [0.2, 0.25) is 5.02 Å². The van der Waals surface area contributed by atoms with Gasteiger partial charge in [0.05, 0.1) is 5.02 Å². The molecule has 16 heavy (non-hydrogen) atoms. The molecule has 0 aliphatic heterocycles. The van der Waals surface area contributed by atoms with Crippen LogP contribution in [0, 0.1) is 0 Å². The normalized spacial score (nSPS) is 10.5. The number of hydrogen-bond acceptors (Lipinski definition) is 2. The molecular formula is C10H4Br3ClN2. The summed E-state index contributed by atoms with van der Waals surface area (Å²) in [7, 11) is 0. The summed E-state index contributed by atoms with van der Waals surface area (Å²) in [5.41, 5.74) is 0.790. The summed E-state index contributed by atoms with van der Waals surface area (Å²) in [4.78, 5) is 8.55. The van der Waals surface area contributed by atoms with Gasteiger partial charge in [0.25, 0.3) is 0 Å². The second kappa shape index (κ2) is 5.12. The average molecular weight is 427 g/mol. The molecule has 0 amide bonds. The van der Waals surface area contributed by atoms with Crippen LogP contribution in [0.25, 0.3) is 11.4 Å². The Kier molecular flexibility index (Phi) is 4.00. The molecule has 0 saturated heterocycles. The average Bonchev–Trinajstić information content (AvgIpc) is 2.20. The Bertz CT molecular complexity index is 525. The molecule has 1 aromatic heterocycles. The molecule has 2 nitrogen and oxygen atoms in total. The molecule has 0 spiro atoms. The lowest BCUT2D eigenvalue weighted by molar-refractivity contribution is 1.12. The smallest absolute Gasteiger partial charge is 0.163 e. The molecule has 0 N–H and O–H groups in total. The van der Waals surface area contributed by atoms with Gasteiger partial charge in [-0.3, -0.25) is 0 Å². The Balaban J connectivity index is 2.62. The number of aromatic nitrogens is 2. The molecule has 1 heterocycles. The van der Waals surface area contributed by atoms with Crippen LogP contribution < -0.4 is 0 Å². The molecule has 2 aromatic rings. The van der Waals surface area contributed by atoms with Crippen molar-refractivity contribution in [2.24, 2.45) is 0 Å². The maximum atomic E-state index is 6.10. The van der Waals surface area contributed by atoms with Gasteiger partial charge in [0, 0.05) is 16.1 Å². The van der Waals surface area contributed by atoms with E-state index in [2.05, 4.69) is 57.8 Å². The van der Waals surface area contributed by atoms with Crippen LogP contribution in [0.4, 0.5) is 0 Å². The molecule has 0 aliphatic carbocycles. The van der Waals surface area contributed by atoms with Crippen LogP contribution in [0.1, 0.15) is 0 Å². The van der Waals surface area contributed by atoms with Gasteiger partial charge >= 0.3 is 0 Å². The first kappa shape index (κ1) is 12.5. The molecule has 6 heteroatoms. The van der Waals surface area contributed by atoms with Gasteiger partial charge in [0.1, 0.15) is 9.21 Å². The summed E-state index contributed by atoms with van der Waals surface area (Å²) in [5, 5.41) is 0.619. The van der Waals surface area contributed by atoms with E-state index < -0.39 is 0 Å². The lowest BCUT2D eigenvalue weighted by Crippen LogP contribution is -1.91. The molecule has 0 saturated carbocycles. The first-order chi connectivity index (χ1) is 7.56. The minimum Gasteiger partial charge on any atom is -0.221 e. The fourth-order valence-corrected chi connectivity index (χ4v) is 2.82. The first-order valence-corrected chi connectivity index (χ1v) is 6.97. The van der Waals surface area contributed by atoms with Gasteiger partial charge in [-0.15, -0.1) is 0 Å². The third-order valence-electron chi connectivity index (χ3n) is 1.83. The van der Waals surface area contributed by atoms with Crippen LogP contribution in [-0.4, -0.2) is 9.97 Å². The van der Waals surface area contributed by atoms with Crippen LogP contribution >= 0.6 is 59.4 Å². The Morgan fingerprint density at radius 2 is 1.56 bits per heavy atom. The molecule has 2 rings (SSSR count). The van der Waals surface area contributed by atoms with E-state index in [-0.39, 0.29) is 0 Å². The monoisotopic (exact) mass is 424 g/mol. The minimum absolute atomic E-state index is 0.576. The molecule has 0 bridgehead atoms. The highest BCUT2D eigenvalue weighted by molar-refractivity contribution is 9.11. The predicted octanol–water partition coefficient (Wildman–Crippen LogP) is 5.08. The molecule has 1 aromatic carbocycles. The summed E-state index contributed by atoms with van der Waals surface area (Å²) in [6.45, 7) is 0. The van der Waals surface area contributed by atoms with Gasteiger partial charge in [0.2, 0.25) is 0 Å². The van der Waals surface area contributed by atoms with Gasteiger partial charge in [-0.2, -0.15) is 0 Å². The third-order valence-corrected chi connectivity index (χ3v) is 3.47. The zero-order valence-electron chi connectivity index (χ0n) is 7.72. The molecule has 0 aliphatic rings. The maximum absolute atomic E-state index is 6.10. The zero-order chi connectivity index (χ0) is 11.7. The molecule has 0 atom stereocenters. The van der Waals surface area contributed by atoms with Crippen molar-refractivity contribution in [1.82, 2.24) is 9.97 Å². The fourth-order valence-electron chi connectivity index (χ4n) is 1.18. The van der Waals surface area contributed by atoms with Crippen LogP contribution in [0.3, 0.4) is 0 Å². The number of halogens is 4. The second-order valence-electron chi connectivity index (χ2n) is 2.96. The summed E-state index contributed by atoms with van der Waals surface area (Å²) in [6, 6.07) is 7.34. The number of benzene rings is 1. The lowest BCUT2D eigenvalue weighted by atomic mass is 10.2. The highest BCUT2D eigenvalue weighted by atomic mass is 79.9. The highest BCUT2D eigenvalue weighted by Crippen LogP contribution is 2.30. The number of nitrogens with zero attached hydrogens (tertiary/aromatic N) is 2. The van der Waals surface area contributed by atoms with Crippen molar-refractivity contribution in [2.45, 2.75) is 0 Å². The minimum atomic E-state index is 0.576. The quantitative estimate of drug-likeness (QED) is 0.593. The Labute approximate surface area is 123 Å². The standard InChI is InChI=1S/C10H4Br3ClN2/c11-5-1-2-7(14)6(3-5)10-15-8(12)4-9(13)16-10/h1-4H. The lowest BCUT2D eigenvalue weighted by Gasteiger charge is -2.04.